The number of Topliss-reactive ketones (excluding diaryl/α,β-unsaturated/α-hetero) is 2. The lowest BCUT2D eigenvalue weighted by Crippen LogP contribution is -2.33. The molecule has 0 amide bonds. The fourth-order valence-corrected chi connectivity index (χ4v) is 5.18. The van der Waals surface area contributed by atoms with Crippen molar-refractivity contribution in [1.82, 2.24) is 4.98 Å². The van der Waals surface area contributed by atoms with Crippen LogP contribution in [0.1, 0.15) is 47.8 Å². The normalized spacial score (nSPS) is 15.9. The molecule has 0 bridgehead atoms. The lowest BCUT2D eigenvalue weighted by Gasteiger charge is -2.28. The molecule has 0 atom stereocenters. The third-order valence-electron chi connectivity index (χ3n) is 5.73. The summed E-state index contributed by atoms with van der Waals surface area (Å²) in [7, 11) is -3.83. The second-order valence-electron chi connectivity index (χ2n) is 8.07. The van der Waals surface area contributed by atoms with Crippen molar-refractivity contribution in [2.45, 2.75) is 32.6 Å². The van der Waals surface area contributed by atoms with Crippen molar-refractivity contribution in [2.24, 2.45) is 0 Å². The van der Waals surface area contributed by atoms with Crippen molar-refractivity contribution in [3.8, 4) is 0 Å². The number of nitrogens with zero attached hydrogens (tertiary/aromatic N) is 2. The monoisotopic (exact) mass is 475 g/mol. The summed E-state index contributed by atoms with van der Waals surface area (Å²) in [6.07, 6.45) is 4.73. The molecule has 0 radical (unpaired) electrons. The van der Waals surface area contributed by atoms with Crippen LogP contribution in [-0.4, -0.2) is 43.8 Å². The van der Waals surface area contributed by atoms with E-state index in [-0.39, 0.29) is 17.1 Å². The van der Waals surface area contributed by atoms with Gasteiger partial charge >= 0.3 is 0 Å². The Morgan fingerprint density at radius 2 is 1.94 bits per heavy atom. The maximum absolute atomic E-state index is 15.1. The van der Waals surface area contributed by atoms with E-state index in [9.17, 15) is 22.4 Å². The molecule has 1 N–H and O–H groups in total. The Morgan fingerprint density at radius 3 is 2.64 bits per heavy atom. The summed E-state index contributed by atoms with van der Waals surface area (Å²) < 4.78 is 55.9. The molecule has 2 aliphatic rings. The Bertz CT molecular complexity index is 1260. The smallest absolute Gasteiger partial charge is 0.232 e. The zero-order valence-electron chi connectivity index (χ0n) is 18.0. The summed E-state index contributed by atoms with van der Waals surface area (Å²) in [6, 6.07) is 3.58. The number of fused-ring (bicyclic) bond motifs is 1. The van der Waals surface area contributed by atoms with Gasteiger partial charge in [0.15, 0.2) is 11.6 Å². The highest BCUT2D eigenvalue weighted by molar-refractivity contribution is 7.92. The van der Waals surface area contributed by atoms with Crippen molar-refractivity contribution >= 4 is 38.5 Å². The van der Waals surface area contributed by atoms with Crippen LogP contribution in [0, 0.1) is 11.6 Å². The Morgan fingerprint density at radius 1 is 1.21 bits per heavy atom. The number of halogens is 2. The van der Waals surface area contributed by atoms with Crippen LogP contribution >= 0.6 is 0 Å². The number of allylic oxidation sites excluding steroid dienone is 2. The first-order valence-corrected chi connectivity index (χ1v) is 12.3. The molecule has 2 aromatic rings. The number of benzene rings is 1. The van der Waals surface area contributed by atoms with E-state index in [4.69, 9.17) is 0 Å². The van der Waals surface area contributed by atoms with Crippen LogP contribution in [0.5, 0.6) is 0 Å². The Hall–Kier alpha value is -3.14. The molecular weight excluding hydrogens is 452 g/mol. The number of rotatable bonds is 7. The van der Waals surface area contributed by atoms with Gasteiger partial charge in [-0.05, 0) is 24.6 Å². The van der Waals surface area contributed by atoms with Gasteiger partial charge in [0.1, 0.15) is 11.6 Å². The van der Waals surface area contributed by atoms with Gasteiger partial charge < -0.3 is 4.90 Å². The van der Waals surface area contributed by atoms with E-state index in [2.05, 4.69) is 9.71 Å². The van der Waals surface area contributed by atoms with Crippen molar-refractivity contribution in [2.75, 3.05) is 28.5 Å². The van der Waals surface area contributed by atoms with Gasteiger partial charge in [-0.3, -0.25) is 19.3 Å². The molecule has 1 aliphatic heterocycles. The van der Waals surface area contributed by atoms with Crippen molar-refractivity contribution in [3.05, 3.63) is 58.9 Å². The lowest BCUT2D eigenvalue weighted by atomic mass is 9.97. The van der Waals surface area contributed by atoms with Gasteiger partial charge in [-0.1, -0.05) is 13.0 Å². The second kappa shape index (κ2) is 9.01. The van der Waals surface area contributed by atoms with Crippen LogP contribution in [0.3, 0.4) is 0 Å². The van der Waals surface area contributed by atoms with Crippen LogP contribution in [0.15, 0.2) is 30.5 Å². The first kappa shape index (κ1) is 23.0. The minimum Gasteiger partial charge on any atom is -0.369 e. The molecule has 7 nitrogen and oxygen atoms in total. The van der Waals surface area contributed by atoms with Gasteiger partial charge in [-0.15, -0.1) is 0 Å². The fraction of sp³-hybridized carbons (Fsp3) is 0.348. The molecule has 0 saturated carbocycles. The van der Waals surface area contributed by atoms with Crippen molar-refractivity contribution < 1.29 is 26.8 Å². The summed E-state index contributed by atoms with van der Waals surface area (Å²) in [6.45, 7) is 2.73. The number of piperidine rings is 1. The highest BCUT2D eigenvalue weighted by Crippen LogP contribution is 2.34. The highest BCUT2D eigenvalue weighted by atomic mass is 32.2. The third-order valence-corrected chi connectivity index (χ3v) is 7.21. The quantitative estimate of drug-likeness (QED) is 0.616. The highest BCUT2D eigenvalue weighted by Gasteiger charge is 2.30. The van der Waals surface area contributed by atoms with E-state index in [0.29, 0.717) is 50.0 Å². The zero-order valence-corrected chi connectivity index (χ0v) is 18.8. The number of aromatic nitrogens is 1. The summed E-state index contributed by atoms with van der Waals surface area (Å²) in [5, 5.41) is 0. The van der Waals surface area contributed by atoms with Gasteiger partial charge in [0.05, 0.1) is 34.6 Å². The summed E-state index contributed by atoms with van der Waals surface area (Å²) >= 11 is 0. The summed E-state index contributed by atoms with van der Waals surface area (Å²) in [5.74, 6) is -3.26. The lowest BCUT2D eigenvalue weighted by molar-refractivity contribution is -0.119. The van der Waals surface area contributed by atoms with Crippen LogP contribution < -0.4 is 9.62 Å². The number of hydrogen-bond acceptors (Lipinski definition) is 6. The molecular formula is C23H23F2N3O4S. The van der Waals surface area contributed by atoms with Crippen LogP contribution in [0.25, 0.3) is 5.57 Å². The molecule has 0 spiro atoms. The number of nitrogens with one attached hydrogen (secondary N) is 1. The van der Waals surface area contributed by atoms with E-state index in [1.807, 2.05) is 4.90 Å². The van der Waals surface area contributed by atoms with E-state index in [0.717, 1.165) is 17.8 Å². The van der Waals surface area contributed by atoms with Gasteiger partial charge in [-0.25, -0.2) is 17.2 Å². The standard InChI is InChI=1S/C23H23F2N3O4S/c1-2-11-33(31,32)27-20-6-4-18(24)21(22(20)25)23(30)16-3-5-19-17(16)12-14(13-26-19)28-9-7-15(29)8-10-28/h3-4,6,12-13,27H,2,5,7-11H2,1H3. The van der Waals surface area contributed by atoms with Crippen molar-refractivity contribution in [1.29, 1.82) is 0 Å². The van der Waals surface area contributed by atoms with Crippen LogP contribution in [0.2, 0.25) is 0 Å². The molecule has 33 heavy (non-hydrogen) atoms. The summed E-state index contributed by atoms with van der Waals surface area (Å²) in [5.41, 5.74) is 0.625. The maximum Gasteiger partial charge on any atom is 0.232 e. The average Bonchev–Trinajstić information content (AvgIpc) is 3.19. The molecule has 2 heterocycles. The first-order valence-electron chi connectivity index (χ1n) is 10.7. The molecule has 4 rings (SSSR count). The molecule has 1 aromatic heterocycles. The number of sulfonamides is 1. The fourth-order valence-electron chi connectivity index (χ4n) is 4.05. The minimum atomic E-state index is -3.83. The summed E-state index contributed by atoms with van der Waals surface area (Å²) in [4.78, 5) is 31.1. The largest absolute Gasteiger partial charge is 0.369 e. The molecule has 10 heteroatoms. The van der Waals surface area contributed by atoms with Gasteiger partial charge in [0.25, 0.3) is 0 Å². The molecule has 0 unspecified atom stereocenters. The second-order valence-corrected chi connectivity index (χ2v) is 9.91. The molecule has 1 saturated heterocycles. The Balaban J connectivity index is 1.66. The SMILES string of the molecule is CCCS(=O)(=O)Nc1ccc(F)c(C(=O)C2=CCc3ncc(N4CCC(=O)CC4)cc32)c1F. The van der Waals surface area contributed by atoms with Crippen LogP contribution in [0.4, 0.5) is 20.2 Å². The zero-order chi connectivity index (χ0) is 23.8. The Kier molecular flexibility index (Phi) is 6.29. The average molecular weight is 476 g/mol. The topological polar surface area (TPSA) is 96.4 Å². The molecule has 1 aromatic carbocycles. The third kappa shape index (κ3) is 4.66. The number of carbonyl (C=O) groups is 2. The maximum atomic E-state index is 15.1. The Labute approximate surface area is 190 Å². The predicted octanol–water partition coefficient (Wildman–Crippen LogP) is 3.50. The van der Waals surface area contributed by atoms with Crippen LogP contribution in [-0.2, 0) is 21.2 Å². The van der Waals surface area contributed by atoms with Gasteiger partial charge in [-0.2, -0.15) is 0 Å². The number of anilines is 2. The van der Waals surface area contributed by atoms with Gasteiger partial charge in [0, 0.05) is 43.5 Å². The van der Waals surface area contributed by atoms with Gasteiger partial charge in [0.2, 0.25) is 10.0 Å². The molecule has 174 valence electrons. The number of hydrogen-bond donors (Lipinski definition) is 1. The number of ketones is 2. The molecule has 1 fully saturated rings. The molecule has 1 aliphatic carbocycles. The van der Waals surface area contributed by atoms with Crippen molar-refractivity contribution in [3.63, 3.8) is 0 Å². The first-order chi connectivity index (χ1) is 15.7. The van der Waals surface area contributed by atoms with E-state index in [1.54, 1.807) is 25.3 Å². The van der Waals surface area contributed by atoms with E-state index < -0.39 is 38.7 Å². The minimum absolute atomic E-state index is 0.110. The van der Waals surface area contributed by atoms with E-state index >= 15 is 4.39 Å². The van der Waals surface area contributed by atoms with E-state index in [1.165, 1.54) is 0 Å². The predicted molar refractivity (Wildman–Crippen MR) is 121 cm³/mol. The number of pyridine rings is 1. The number of carbonyl (C=O) groups excluding carboxylic acids is 2.